The Morgan fingerprint density at radius 1 is 1.35 bits per heavy atom. The van der Waals surface area contributed by atoms with E-state index in [4.69, 9.17) is 0 Å². The minimum Gasteiger partial charge on any atom is -0.355 e. The van der Waals surface area contributed by atoms with Gasteiger partial charge in [-0.05, 0) is 24.3 Å². The van der Waals surface area contributed by atoms with Gasteiger partial charge in [0.25, 0.3) is 0 Å². The van der Waals surface area contributed by atoms with E-state index in [1.165, 1.54) is 4.88 Å². The molecule has 1 aliphatic rings. The number of amides is 1. The van der Waals surface area contributed by atoms with Gasteiger partial charge >= 0.3 is 0 Å². The van der Waals surface area contributed by atoms with Gasteiger partial charge in [-0.25, -0.2) is 0 Å². The molecule has 0 aliphatic heterocycles. The van der Waals surface area contributed by atoms with Crippen LogP contribution in [-0.2, 0) is 11.3 Å². The molecule has 130 valence electrons. The first kappa shape index (κ1) is 20.2. The summed E-state index contributed by atoms with van der Waals surface area (Å²) < 4.78 is 0. The SMILES string of the molecule is CN=C(NCc1cccs1)NCC1(C(=O)N(C)C)CCCC1.I. The summed E-state index contributed by atoms with van der Waals surface area (Å²) in [7, 11) is 5.44. The van der Waals surface area contributed by atoms with Crippen molar-refractivity contribution in [3.05, 3.63) is 22.4 Å². The van der Waals surface area contributed by atoms with Crippen molar-refractivity contribution >= 4 is 47.2 Å². The van der Waals surface area contributed by atoms with Gasteiger partial charge < -0.3 is 15.5 Å². The fourth-order valence-electron chi connectivity index (χ4n) is 3.05. The third-order valence-corrected chi connectivity index (χ3v) is 5.12. The number of guanidine groups is 1. The van der Waals surface area contributed by atoms with E-state index in [-0.39, 0.29) is 35.3 Å². The smallest absolute Gasteiger partial charge is 0.230 e. The van der Waals surface area contributed by atoms with Gasteiger partial charge in [0, 0.05) is 32.6 Å². The summed E-state index contributed by atoms with van der Waals surface area (Å²) in [5, 5.41) is 8.72. The van der Waals surface area contributed by atoms with E-state index in [0.29, 0.717) is 6.54 Å². The third kappa shape index (κ3) is 5.34. The Hall–Kier alpha value is -0.830. The second kappa shape index (κ2) is 9.46. The molecule has 1 aromatic heterocycles. The lowest BCUT2D eigenvalue weighted by Crippen LogP contribution is -2.49. The van der Waals surface area contributed by atoms with Gasteiger partial charge in [0.15, 0.2) is 5.96 Å². The topological polar surface area (TPSA) is 56.7 Å². The van der Waals surface area contributed by atoms with Crippen molar-refractivity contribution in [3.8, 4) is 0 Å². The lowest BCUT2D eigenvalue weighted by Gasteiger charge is -2.31. The van der Waals surface area contributed by atoms with Crippen LogP contribution in [0.2, 0.25) is 0 Å². The van der Waals surface area contributed by atoms with E-state index in [0.717, 1.165) is 38.2 Å². The van der Waals surface area contributed by atoms with Gasteiger partial charge in [0.1, 0.15) is 0 Å². The third-order valence-electron chi connectivity index (χ3n) is 4.25. The Bertz CT molecular complexity index is 510. The molecule has 2 rings (SSSR count). The lowest BCUT2D eigenvalue weighted by molar-refractivity contribution is -0.138. The average molecular weight is 450 g/mol. The Balaban J connectivity index is 0.00000264. The average Bonchev–Trinajstić information content (AvgIpc) is 3.18. The minimum absolute atomic E-state index is 0. The molecule has 0 atom stereocenters. The van der Waals surface area contributed by atoms with E-state index in [9.17, 15) is 4.79 Å². The fourth-order valence-corrected chi connectivity index (χ4v) is 3.69. The molecule has 1 heterocycles. The summed E-state index contributed by atoms with van der Waals surface area (Å²) in [5.74, 6) is 0.984. The van der Waals surface area contributed by atoms with Crippen LogP contribution in [0.25, 0.3) is 0 Å². The molecular formula is C16H27IN4OS. The predicted octanol–water partition coefficient (Wildman–Crippen LogP) is 2.68. The van der Waals surface area contributed by atoms with Crippen LogP contribution in [-0.4, -0.2) is 44.5 Å². The summed E-state index contributed by atoms with van der Waals surface area (Å²) in [5.41, 5.74) is -0.274. The van der Waals surface area contributed by atoms with E-state index in [2.05, 4.69) is 27.1 Å². The molecule has 1 aliphatic carbocycles. The van der Waals surface area contributed by atoms with Crippen molar-refractivity contribution in [2.45, 2.75) is 32.2 Å². The Labute approximate surface area is 160 Å². The molecule has 1 fully saturated rings. The highest BCUT2D eigenvalue weighted by Gasteiger charge is 2.42. The first-order chi connectivity index (χ1) is 10.6. The monoisotopic (exact) mass is 450 g/mol. The van der Waals surface area contributed by atoms with Crippen molar-refractivity contribution in [3.63, 3.8) is 0 Å². The van der Waals surface area contributed by atoms with Crippen LogP contribution < -0.4 is 10.6 Å². The molecule has 2 N–H and O–H groups in total. The Morgan fingerprint density at radius 3 is 2.57 bits per heavy atom. The van der Waals surface area contributed by atoms with Crippen LogP contribution in [0.3, 0.4) is 0 Å². The quantitative estimate of drug-likeness (QED) is 0.412. The summed E-state index contributed by atoms with van der Waals surface area (Å²) in [6, 6.07) is 4.14. The van der Waals surface area contributed by atoms with E-state index in [1.807, 2.05) is 20.2 Å². The molecule has 0 spiro atoms. The molecule has 23 heavy (non-hydrogen) atoms. The van der Waals surface area contributed by atoms with Crippen molar-refractivity contribution in [2.24, 2.45) is 10.4 Å². The number of carbonyl (C=O) groups excluding carboxylic acids is 1. The lowest BCUT2D eigenvalue weighted by atomic mass is 9.84. The van der Waals surface area contributed by atoms with Crippen LogP contribution in [0.4, 0.5) is 0 Å². The molecule has 5 nitrogen and oxygen atoms in total. The highest BCUT2D eigenvalue weighted by molar-refractivity contribution is 14.0. The summed E-state index contributed by atoms with van der Waals surface area (Å²) >= 11 is 1.72. The van der Waals surface area contributed by atoms with Gasteiger partial charge in [0.05, 0.1) is 12.0 Å². The number of nitrogens with zero attached hydrogens (tertiary/aromatic N) is 2. The summed E-state index contributed by atoms with van der Waals surface area (Å²) in [6.07, 6.45) is 4.17. The van der Waals surface area contributed by atoms with E-state index in [1.54, 1.807) is 23.3 Å². The van der Waals surface area contributed by atoms with Crippen molar-refractivity contribution in [1.29, 1.82) is 0 Å². The fraction of sp³-hybridized carbons (Fsp3) is 0.625. The Morgan fingerprint density at radius 2 is 2.04 bits per heavy atom. The van der Waals surface area contributed by atoms with Gasteiger partial charge in [-0.1, -0.05) is 18.9 Å². The zero-order valence-electron chi connectivity index (χ0n) is 14.1. The van der Waals surface area contributed by atoms with E-state index < -0.39 is 0 Å². The number of halogens is 1. The molecule has 0 radical (unpaired) electrons. The number of rotatable bonds is 5. The van der Waals surface area contributed by atoms with Crippen LogP contribution in [0, 0.1) is 5.41 Å². The molecular weight excluding hydrogens is 423 g/mol. The van der Waals surface area contributed by atoms with E-state index >= 15 is 0 Å². The first-order valence-corrected chi connectivity index (χ1v) is 8.64. The molecule has 7 heteroatoms. The number of hydrogen-bond acceptors (Lipinski definition) is 3. The number of nitrogens with one attached hydrogen (secondary N) is 2. The summed E-state index contributed by atoms with van der Waals surface area (Å²) in [4.78, 5) is 19.8. The van der Waals surface area contributed by atoms with Crippen LogP contribution in [0.15, 0.2) is 22.5 Å². The standard InChI is InChI=1S/C16H26N4OS.HI/c1-17-15(18-11-13-7-6-10-22-13)19-12-16(8-4-5-9-16)14(21)20(2)3;/h6-7,10H,4-5,8-9,11-12H2,1-3H3,(H2,17,18,19);1H. The van der Waals surface area contributed by atoms with Crippen molar-refractivity contribution < 1.29 is 4.79 Å². The largest absolute Gasteiger partial charge is 0.355 e. The normalized spacial score (nSPS) is 16.6. The molecule has 1 saturated carbocycles. The van der Waals surface area contributed by atoms with Crippen molar-refractivity contribution in [2.75, 3.05) is 27.7 Å². The van der Waals surface area contributed by atoms with Gasteiger partial charge in [-0.3, -0.25) is 9.79 Å². The minimum atomic E-state index is -0.274. The highest BCUT2D eigenvalue weighted by atomic mass is 127. The van der Waals surface area contributed by atoms with Gasteiger partial charge in [-0.2, -0.15) is 0 Å². The van der Waals surface area contributed by atoms with Crippen LogP contribution >= 0.6 is 35.3 Å². The van der Waals surface area contributed by atoms with Crippen LogP contribution in [0.1, 0.15) is 30.6 Å². The van der Waals surface area contributed by atoms with Crippen molar-refractivity contribution in [1.82, 2.24) is 15.5 Å². The Kier molecular flexibility index (Phi) is 8.32. The first-order valence-electron chi connectivity index (χ1n) is 7.76. The molecule has 0 saturated heterocycles. The molecule has 1 aromatic rings. The zero-order valence-corrected chi connectivity index (χ0v) is 17.2. The molecule has 0 unspecified atom stereocenters. The maximum absolute atomic E-state index is 12.5. The maximum Gasteiger partial charge on any atom is 0.230 e. The number of carbonyl (C=O) groups is 1. The predicted molar refractivity (Wildman–Crippen MR) is 108 cm³/mol. The highest BCUT2D eigenvalue weighted by Crippen LogP contribution is 2.38. The number of thiophene rings is 1. The number of hydrogen-bond donors (Lipinski definition) is 2. The maximum atomic E-state index is 12.5. The second-order valence-electron chi connectivity index (χ2n) is 6.05. The molecule has 1 amide bonds. The van der Waals surface area contributed by atoms with Gasteiger partial charge in [0.2, 0.25) is 5.91 Å². The zero-order chi connectivity index (χ0) is 16.0. The number of aliphatic imine (C=N–C) groups is 1. The second-order valence-corrected chi connectivity index (χ2v) is 7.08. The molecule has 0 bridgehead atoms. The van der Waals surface area contributed by atoms with Crippen LogP contribution in [0.5, 0.6) is 0 Å². The summed E-state index contributed by atoms with van der Waals surface area (Å²) in [6.45, 7) is 1.40. The molecule has 0 aromatic carbocycles. The van der Waals surface area contributed by atoms with Gasteiger partial charge in [-0.15, -0.1) is 35.3 Å².